The van der Waals surface area contributed by atoms with Crippen LogP contribution in [-0.4, -0.2) is 32.9 Å². The Balaban J connectivity index is 0. The molecule has 0 aliphatic carbocycles. The molecule has 0 saturated carbocycles. The van der Waals surface area contributed by atoms with Gasteiger partial charge in [-0.2, -0.15) is 11.8 Å². The fourth-order valence-electron chi connectivity index (χ4n) is 0.551. The van der Waals surface area contributed by atoms with E-state index in [1.807, 2.05) is 0 Å². The number of hydrogen-bond acceptors (Lipinski definition) is 3. The first-order chi connectivity index (χ1) is 6.12. The summed E-state index contributed by atoms with van der Waals surface area (Å²) in [6.07, 6.45) is 0. The zero-order valence-corrected chi connectivity index (χ0v) is 13.8. The van der Waals surface area contributed by atoms with Crippen LogP contribution in [0.15, 0.2) is 0 Å². The quantitative estimate of drug-likeness (QED) is 0.827. The van der Waals surface area contributed by atoms with Gasteiger partial charge in [-0.1, -0.05) is 0 Å². The van der Waals surface area contributed by atoms with Gasteiger partial charge in [0.1, 0.15) is 0 Å². The molecule has 2 nitrogen and oxygen atoms in total. The molecule has 0 aromatic heterocycles. The minimum absolute atomic E-state index is 0.629. The van der Waals surface area contributed by atoms with Crippen LogP contribution in [0.2, 0.25) is 0 Å². The van der Waals surface area contributed by atoms with E-state index in [4.69, 9.17) is 17.0 Å². The Morgan fingerprint density at radius 3 is 1.36 bits per heavy atom. The summed E-state index contributed by atoms with van der Waals surface area (Å²) in [5.41, 5.74) is -1.26. The first-order valence-corrected chi connectivity index (χ1v) is 11.6. The van der Waals surface area contributed by atoms with Crippen molar-refractivity contribution in [1.29, 1.82) is 0 Å². The van der Waals surface area contributed by atoms with Gasteiger partial charge in [0, 0.05) is 11.5 Å². The van der Waals surface area contributed by atoms with Crippen molar-refractivity contribution in [2.24, 2.45) is 0 Å². The number of aliphatic hydroxyl groups is 2. The van der Waals surface area contributed by atoms with Gasteiger partial charge in [0.05, 0.1) is 11.2 Å². The molecule has 0 saturated heterocycles. The molecule has 0 spiro atoms. The van der Waals surface area contributed by atoms with Gasteiger partial charge in [-0.05, 0) is 27.7 Å². The van der Waals surface area contributed by atoms with Crippen molar-refractivity contribution >= 4 is 28.8 Å². The van der Waals surface area contributed by atoms with Crippen LogP contribution in [-0.2, 0) is 20.8 Å². The van der Waals surface area contributed by atoms with E-state index in [0.717, 1.165) is 0 Å². The zero-order chi connectivity index (χ0) is 11.8. The molecule has 0 rings (SSSR count). The summed E-state index contributed by atoms with van der Waals surface area (Å²) in [4.78, 5) is 0. The van der Waals surface area contributed by atoms with Crippen molar-refractivity contribution < 1.29 is 31.1 Å². The molecule has 14 heavy (non-hydrogen) atoms. The Morgan fingerprint density at radius 1 is 1.00 bits per heavy atom. The molecule has 6 heteroatoms. The standard InChI is InChI=1S/C8H18O2S.2ClH.Zr/c1-7(2,9)5-11-6-8(3,4)10;;;/h9-10H,5-6H2,1-4H3;2*1H;/q;;;+2/p-2. The SMILES string of the molecule is CC(C)(O)CSCC(C)(C)O.[Cl][Zr][Cl]. The van der Waals surface area contributed by atoms with Crippen molar-refractivity contribution in [2.75, 3.05) is 11.5 Å². The maximum absolute atomic E-state index is 9.31. The Labute approximate surface area is 109 Å². The van der Waals surface area contributed by atoms with Crippen LogP contribution >= 0.6 is 28.8 Å². The van der Waals surface area contributed by atoms with E-state index in [2.05, 4.69) is 0 Å². The third-order valence-electron chi connectivity index (χ3n) is 0.911. The van der Waals surface area contributed by atoms with Crippen molar-refractivity contribution in [1.82, 2.24) is 0 Å². The van der Waals surface area contributed by atoms with Gasteiger partial charge in [0.2, 0.25) is 0 Å². The fraction of sp³-hybridized carbons (Fsp3) is 1.00. The van der Waals surface area contributed by atoms with Crippen molar-refractivity contribution in [3.63, 3.8) is 0 Å². The number of halogens is 2. The fourth-order valence-corrected chi connectivity index (χ4v) is 1.65. The number of rotatable bonds is 4. The average Bonchev–Trinajstić information content (AvgIpc) is 1.81. The Bertz CT molecular complexity index is 120. The molecule has 0 heterocycles. The molecular weight excluding hydrogens is 322 g/mol. The molecule has 0 unspecified atom stereocenters. The summed E-state index contributed by atoms with van der Waals surface area (Å²) in [5.74, 6) is 1.33. The van der Waals surface area contributed by atoms with Crippen LogP contribution in [0.3, 0.4) is 0 Å². The molecule has 2 N–H and O–H groups in total. The summed E-state index contributed by atoms with van der Waals surface area (Å²) in [6.45, 7) is 7.07. The molecule has 0 fully saturated rings. The van der Waals surface area contributed by atoms with E-state index in [9.17, 15) is 10.2 Å². The predicted octanol–water partition coefficient (Wildman–Crippen LogP) is 2.64. The summed E-state index contributed by atoms with van der Waals surface area (Å²) in [5, 5.41) is 18.6. The van der Waals surface area contributed by atoms with Crippen LogP contribution < -0.4 is 0 Å². The Kier molecular flexibility index (Phi) is 11.4. The van der Waals surface area contributed by atoms with E-state index < -0.39 is 32.1 Å². The number of thioether (sulfide) groups is 1. The van der Waals surface area contributed by atoms with Crippen molar-refractivity contribution in [3.8, 4) is 0 Å². The minimum atomic E-state index is -0.826. The first-order valence-electron chi connectivity index (χ1n) is 4.11. The van der Waals surface area contributed by atoms with Crippen molar-refractivity contribution in [2.45, 2.75) is 38.9 Å². The van der Waals surface area contributed by atoms with Gasteiger partial charge in [0.15, 0.2) is 0 Å². The predicted molar refractivity (Wildman–Crippen MR) is 61.6 cm³/mol. The second-order valence-electron chi connectivity index (χ2n) is 4.19. The first kappa shape index (κ1) is 18.1. The van der Waals surface area contributed by atoms with Gasteiger partial charge in [-0.3, -0.25) is 0 Å². The molecule has 86 valence electrons. The Hall–Kier alpha value is 1.73. The van der Waals surface area contributed by atoms with Crippen LogP contribution in [0.5, 0.6) is 0 Å². The molecule has 0 aliphatic heterocycles. The van der Waals surface area contributed by atoms with E-state index >= 15 is 0 Å². The summed E-state index contributed by atoms with van der Waals surface area (Å²) < 4.78 is 0. The second-order valence-corrected chi connectivity index (χ2v) is 8.91. The maximum atomic E-state index is 9.31. The van der Waals surface area contributed by atoms with E-state index in [0.29, 0.717) is 11.5 Å². The molecule has 0 aromatic rings. The van der Waals surface area contributed by atoms with Gasteiger partial charge in [-0.25, -0.2) is 0 Å². The van der Waals surface area contributed by atoms with Gasteiger partial charge in [0.25, 0.3) is 0 Å². The van der Waals surface area contributed by atoms with Crippen LogP contribution in [0, 0.1) is 0 Å². The molecule has 0 aliphatic rings. The monoisotopic (exact) mass is 338 g/mol. The summed E-state index contributed by atoms with van der Waals surface area (Å²) in [7, 11) is 9.87. The summed E-state index contributed by atoms with van der Waals surface area (Å²) >= 11 is 0.742. The third kappa shape index (κ3) is 23.5. The van der Waals surface area contributed by atoms with Gasteiger partial charge >= 0.3 is 37.9 Å². The molecule has 0 radical (unpaired) electrons. The topological polar surface area (TPSA) is 40.5 Å². The second kappa shape index (κ2) is 8.84. The molecule has 0 amide bonds. The van der Waals surface area contributed by atoms with Crippen molar-refractivity contribution in [3.05, 3.63) is 0 Å². The molecular formula is C8H18Cl2O2SZr. The average molecular weight is 340 g/mol. The zero-order valence-electron chi connectivity index (χ0n) is 8.97. The van der Waals surface area contributed by atoms with E-state index in [1.54, 1.807) is 39.5 Å². The van der Waals surface area contributed by atoms with E-state index in [1.165, 1.54) is 0 Å². The molecule has 0 aromatic carbocycles. The molecule has 0 atom stereocenters. The van der Waals surface area contributed by atoms with Gasteiger partial charge < -0.3 is 10.2 Å². The summed E-state index contributed by atoms with van der Waals surface area (Å²) in [6, 6.07) is 0. The third-order valence-corrected chi connectivity index (χ3v) is 2.73. The van der Waals surface area contributed by atoms with Gasteiger partial charge in [-0.15, -0.1) is 0 Å². The van der Waals surface area contributed by atoms with Crippen LogP contribution in [0.1, 0.15) is 27.7 Å². The van der Waals surface area contributed by atoms with Crippen LogP contribution in [0.25, 0.3) is 0 Å². The normalized spacial score (nSPS) is 11.7. The number of hydrogen-bond donors (Lipinski definition) is 2. The Morgan fingerprint density at radius 2 is 1.21 bits per heavy atom. The molecule has 0 bridgehead atoms. The van der Waals surface area contributed by atoms with Crippen LogP contribution in [0.4, 0.5) is 0 Å². The van der Waals surface area contributed by atoms with E-state index in [-0.39, 0.29) is 0 Å².